The number of nitrogens with one attached hydrogen (secondary N) is 2. The molecular formula is C20H25N3O5S. The summed E-state index contributed by atoms with van der Waals surface area (Å²) in [5, 5.41) is 5.39. The molecule has 0 aliphatic carbocycles. The van der Waals surface area contributed by atoms with E-state index in [0.717, 1.165) is 17.0 Å². The van der Waals surface area contributed by atoms with Crippen molar-refractivity contribution in [2.45, 2.75) is 13.3 Å². The molecule has 0 saturated carbocycles. The highest BCUT2D eigenvalue weighted by Crippen LogP contribution is 2.23. The van der Waals surface area contributed by atoms with E-state index in [0.29, 0.717) is 29.2 Å². The van der Waals surface area contributed by atoms with Gasteiger partial charge in [-0.05, 0) is 30.7 Å². The van der Waals surface area contributed by atoms with Gasteiger partial charge in [-0.2, -0.15) is 0 Å². The van der Waals surface area contributed by atoms with Gasteiger partial charge in [-0.1, -0.05) is 25.1 Å². The third kappa shape index (κ3) is 6.21. The Bertz CT molecular complexity index is 976. The number of sulfonamides is 1. The van der Waals surface area contributed by atoms with E-state index in [-0.39, 0.29) is 5.91 Å². The van der Waals surface area contributed by atoms with Gasteiger partial charge in [0.15, 0.2) is 0 Å². The van der Waals surface area contributed by atoms with E-state index in [1.54, 1.807) is 42.5 Å². The average Bonchev–Trinajstić information content (AvgIpc) is 2.69. The smallest absolute Gasteiger partial charge is 0.253 e. The van der Waals surface area contributed by atoms with Crippen LogP contribution in [0.25, 0.3) is 0 Å². The van der Waals surface area contributed by atoms with Crippen molar-refractivity contribution in [2.24, 2.45) is 0 Å². The molecule has 0 atom stereocenters. The van der Waals surface area contributed by atoms with Crippen LogP contribution in [0.15, 0.2) is 48.5 Å². The fourth-order valence-electron chi connectivity index (χ4n) is 2.61. The summed E-state index contributed by atoms with van der Waals surface area (Å²) in [6, 6.07) is 13.0. The Balaban J connectivity index is 2.23. The molecule has 0 fully saturated rings. The molecule has 0 aliphatic rings. The predicted molar refractivity (Wildman–Crippen MR) is 113 cm³/mol. The molecular weight excluding hydrogens is 394 g/mol. The number of hydrogen-bond donors (Lipinski definition) is 2. The van der Waals surface area contributed by atoms with Crippen molar-refractivity contribution in [3.05, 3.63) is 54.1 Å². The van der Waals surface area contributed by atoms with E-state index in [1.807, 2.05) is 6.92 Å². The summed E-state index contributed by atoms with van der Waals surface area (Å²) < 4.78 is 30.6. The lowest BCUT2D eigenvalue weighted by Gasteiger charge is -2.22. The second-order valence-electron chi connectivity index (χ2n) is 6.32. The summed E-state index contributed by atoms with van der Waals surface area (Å²) in [5.74, 6) is -0.418. The Morgan fingerprint density at radius 3 is 2.48 bits per heavy atom. The third-order valence-electron chi connectivity index (χ3n) is 4.01. The maximum Gasteiger partial charge on any atom is 0.253 e. The number of carbonyl (C=O) groups is 2. The van der Waals surface area contributed by atoms with Crippen molar-refractivity contribution in [1.82, 2.24) is 5.32 Å². The largest absolute Gasteiger partial charge is 0.497 e. The highest BCUT2D eigenvalue weighted by molar-refractivity contribution is 7.92. The van der Waals surface area contributed by atoms with Crippen LogP contribution >= 0.6 is 0 Å². The van der Waals surface area contributed by atoms with Crippen LogP contribution in [0.3, 0.4) is 0 Å². The highest BCUT2D eigenvalue weighted by Gasteiger charge is 2.22. The van der Waals surface area contributed by atoms with Gasteiger partial charge in [-0.3, -0.25) is 13.9 Å². The molecule has 2 N–H and O–H groups in total. The Kier molecular flexibility index (Phi) is 7.60. The monoisotopic (exact) mass is 419 g/mol. The number of benzene rings is 2. The van der Waals surface area contributed by atoms with Crippen LogP contribution in [0.5, 0.6) is 5.75 Å². The Hall–Kier alpha value is -3.07. The van der Waals surface area contributed by atoms with Crippen LogP contribution in [0.2, 0.25) is 0 Å². The number of amides is 2. The molecule has 0 saturated heterocycles. The van der Waals surface area contributed by atoms with Crippen molar-refractivity contribution in [3.63, 3.8) is 0 Å². The Labute approximate surface area is 170 Å². The Morgan fingerprint density at radius 2 is 1.83 bits per heavy atom. The quantitative estimate of drug-likeness (QED) is 0.649. The molecule has 0 aliphatic heterocycles. The molecule has 0 heterocycles. The number of hydrogen-bond acceptors (Lipinski definition) is 5. The van der Waals surface area contributed by atoms with Crippen LogP contribution in [-0.2, 0) is 14.8 Å². The zero-order valence-corrected chi connectivity index (χ0v) is 17.5. The van der Waals surface area contributed by atoms with Crippen LogP contribution < -0.4 is 19.7 Å². The second-order valence-corrected chi connectivity index (χ2v) is 8.23. The maximum absolute atomic E-state index is 12.6. The molecule has 0 aromatic heterocycles. The summed E-state index contributed by atoms with van der Waals surface area (Å²) >= 11 is 0. The zero-order chi connectivity index (χ0) is 21.4. The average molecular weight is 420 g/mol. The maximum atomic E-state index is 12.6. The van der Waals surface area contributed by atoms with Crippen molar-refractivity contribution < 1.29 is 22.7 Å². The lowest BCUT2D eigenvalue weighted by atomic mass is 10.1. The summed E-state index contributed by atoms with van der Waals surface area (Å²) in [4.78, 5) is 24.9. The lowest BCUT2D eigenvalue weighted by Crippen LogP contribution is -2.37. The topological polar surface area (TPSA) is 105 Å². The van der Waals surface area contributed by atoms with E-state index in [4.69, 9.17) is 4.74 Å². The van der Waals surface area contributed by atoms with Gasteiger partial charge in [0.1, 0.15) is 12.3 Å². The van der Waals surface area contributed by atoms with E-state index < -0.39 is 22.5 Å². The Morgan fingerprint density at radius 1 is 1.10 bits per heavy atom. The van der Waals surface area contributed by atoms with E-state index in [2.05, 4.69) is 10.6 Å². The molecule has 2 amide bonds. The summed E-state index contributed by atoms with van der Waals surface area (Å²) in [7, 11) is -2.26. The van der Waals surface area contributed by atoms with Crippen molar-refractivity contribution in [3.8, 4) is 5.75 Å². The molecule has 0 radical (unpaired) electrons. The van der Waals surface area contributed by atoms with Gasteiger partial charge in [-0.25, -0.2) is 8.42 Å². The van der Waals surface area contributed by atoms with Gasteiger partial charge in [0.05, 0.1) is 30.3 Å². The fourth-order valence-corrected chi connectivity index (χ4v) is 3.46. The standard InChI is InChI=1S/C20H25N3O5S/c1-4-12-21-20(25)17-10-5-6-11-18(17)22-19(24)14-23(29(3,26)27)15-8-7-9-16(13-15)28-2/h5-11,13H,4,12,14H2,1-3H3,(H,21,25)(H,22,24). The van der Waals surface area contributed by atoms with Gasteiger partial charge in [0.2, 0.25) is 15.9 Å². The lowest BCUT2D eigenvalue weighted by molar-refractivity contribution is -0.114. The third-order valence-corrected chi connectivity index (χ3v) is 5.15. The van der Waals surface area contributed by atoms with Gasteiger partial charge in [0, 0.05) is 12.6 Å². The molecule has 0 unspecified atom stereocenters. The molecule has 0 bridgehead atoms. The molecule has 156 valence electrons. The van der Waals surface area contributed by atoms with E-state index >= 15 is 0 Å². The first-order valence-electron chi connectivity index (χ1n) is 9.05. The summed E-state index contributed by atoms with van der Waals surface area (Å²) in [5.41, 5.74) is 0.919. The van der Waals surface area contributed by atoms with E-state index in [9.17, 15) is 18.0 Å². The van der Waals surface area contributed by atoms with Gasteiger partial charge in [0.25, 0.3) is 5.91 Å². The molecule has 9 heteroatoms. The number of carbonyl (C=O) groups excluding carboxylic acids is 2. The SMILES string of the molecule is CCCNC(=O)c1ccccc1NC(=O)CN(c1cccc(OC)c1)S(C)(=O)=O. The fraction of sp³-hybridized carbons (Fsp3) is 0.300. The number of methoxy groups -OCH3 is 1. The molecule has 2 aromatic rings. The van der Waals surface area contributed by atoms with Crippen LogP contribution in [0.1, 0.15) is 23.7 Å². The number of ether oxygens (including phenoxy) is 1. The minimum absolute atomic E-state index is 0.302. The number of rotatable bonds is 9. The first kappa shape index (κ1) is 22.2. The van der Waals surface area contributed by atoms with Crippen LogP contribution in [0, 0.1) is 0 Å². The van der Waals surface area contributed by atoms with Gasteiger partial charge in [-0.15, -0.1) is 0 Å². The number of anilines is 2. The summed E-state index contributed by atoms with van der Waals surface area (Å²) in [6.45, 7) is 2.00. The molecule has 29 heavy (non-hydrogen) atoms. The molecule has 8 nitrogen and oxygen atoms in total. The first-order valence-corrected chi connectivity index (χ1v) is 10.9. The van der Waals surface area contributed by atoms with Crippen molar-refractivity contribution >= 4 is 33.2 Å². The summed E-state index contributed by atoms with van der Waals surface area (Å²) in [6.07, 6.45) is 1.80. The second kappa shape index (κ2) is 9.92. The zero-order valence-electron chi connectivity index (χ0n) is 16.6. The normalized spacial score (nSPS) is 10.9. The first-order chi connectivity index (χ1) is 13.8. The number of nitrogens with zero attached hydrogens (tertiary/aromatic N) is 1. The minimum Gasteiger partial charge on any atom is -0.497 e. The van der Waals surface area contributed by atoms with Gasteiger partial charge < -0.3 is 15.4 Å². The minimum atomic E-state index is -3.73. The van der Waals surface area contributed by atoms with Crippen molar-refractivity contribution in [1.29, 1.82) is 0 Å². The predicted octanol–water partition coefficient (Wildman–Crippen LogP) is 2.24. The molecule has 2 rings (SSSR count). The van der Waals surface area contributed by atoms with Gasteiger partial charge >= 0.3 is 0 Å². The van der Waals surface area contributed by atoms with E-state index in [1.165, 1.54) is 13.2 Å². The van der Waals surface area contributed by atoms with Crippen LogP contribution in [-0.4, -0.2) is 46.7 Å². The highest BCUT2D eigenvalue weighted by atomic mass is 32.2. The van der Waals surface area contributed by atoms with Crippen molar-refractivity contribution in [2.75, 3.05) is 36.1 Å². The molecule has 0 spiro atoms. The number of para-hydroxylation sites is 1. The molecule has 2 aromatic carbocycles. The van der Waals surface area contributed by atoms with Crippen LogP contribution in [0.4, 0.5) is 11.4 Å².